The lowest BCUT2D eigenvalue weighted by Crippen LogP contribution is -2.15. The fraction of sp³-hybridized carbons (Fsp3) is 0.444. The highest BCUT2D eigenvalue weighted by Gasteiger charge is 2.33. The maximum absolute atomic E-state index is 12.3. The molecule has 1 aromatic rings. The quantitative estimate of drug-likeness (QED) is 0.699. The van der Waals surface area contributed by atoms with Gasteiger partial charge in [0.2, 0.25) is 0 Å². The molecule has 0 bridgehead atoms. The minimum Gasteiger partial charge on any atom is -0.385 e. The molecule has 1 aliphatic heterocycles. The zero-order chi connectivity index (χ0) is 10.2. The molecular formula is C9H9F3N2. The standard InChI is InChI=1S/C9H9F3N2/c10-9(11,12)8-4-7-6(5-14-8)2-1-3-13-7/h4-5,13H,1-3H2. The van der Waals surface area contributed by atoms with Gasteiger partial charge in [-0.15, -0.1) is 0 Å². The van der Waals surface area contributed by atoms with Crippen molar-refractivity contribution in [1.29, 1.82) is 0 Å². The van der Waals surface area contributed by atoms with Gasteiger partial charge >= 0.3 is 6.18 Å². The van der Waals surface area contributed by atoms with E-state index in [1.165, 1.54) is 6.20 Å². The number of hydrogen-bond acceptors (Lipinski definition) is 2. The highest BCUT2D eigenvalue weighted by Crippen LogP contribution is 2.31. The van der Waals surface area contributed by atoms with Crippen molar-refractivity contribution in [2.45, 2.75) is 19.0 Å². The molecule has 0 unspecified atom stereocenters. The Morgan fingerprint density at radius 3 is 2.86 bits per heavy atom. The van der Waals surface area contributed by atoms with Crippen molar-refractivity contribution in [1.82, 2.24) is 4.98 Å². The van der Waals surface area contributed by atoms with Crippen LogP contribution in [0, 0.1) is 0 Å². The number of aromatic nitrogens is 1. The van der Waals surface area contributed by atoms with Crippen LogP contribution in [0.2, 0.25) is 0 Å². The molecule has 0 atom stereocenters. The van der Waals surface area contributed by atoms with Crippen LogP contribution in [-0.2, 0) is 12.6 Å². The van der Waals surface area contributed by atoms with Crippen LogP contribution in [0.3, 0.4) is 0 Å². The van der Waals surface area contributed by atoms with Gasteiger partial charge in [0, 0.05) is 18.4 Å². The first kappa shape index (κ1) is 9.30. The summed E-state index contributed by atoms with van der Waals surface area (Å²) in [6, 6.07) is 1.08. The number of anilines is 1. The molecule has 2 rings (SSSR count). The number of halogens is 3. The van der Waals surface area contributed by atoms with Crippen LogP contribution < -0.4 is 5.32 Å². The van der Waals surface area contributed by atoms with E-state index in [0.717, 1.165) is 31.0 Å². The van der Waals surface area contributed by atoms with Gasteiger partial charge < -0.3 is 5.32 Å². The molecule has 5 heteroatoms. The van der Waals surface area contributed by atoms with Crippen molar-refractivity contribution >= 4 is 5.69 Å². The van der Waals surface area contributed by atoms with Crippen LogP contribution >= 0.6 is 0 Å². The molecule has 1 aliphatic rings. The van der Waals surface area contributed by atoms with E-state index in [4.69, 9.17) is 0 Å². The summed E-state index contributed by atoms with van der Waals surface area (Å²) >= 11 is 0. The molecule has 0 radical (unpaired) electrons. The fourth-order valence-electron chi connectivity index (χ4n) is 1.50. The minimum atomic E-state index is -4.35. The van der Waals surface area contributed by atoms with Crippen molar-refractivity contribution in [3.8, 4) is 0 Å². The van der Waals surface area contributed by atoms with Gasteiger partial charge in [-0.1, -0.05) is 0 Å². The third-order valence-corrected chi connectivity index (χ3v) is 2.22. The second kappa shape index (κ2) is 3.15. The molecule has 0 saturated heterocycles. The third-order valence-electron chi connectivity index (χ3n) is 2.22. The average molecular weight is 202 g/mol. The molecule has 1 N–H and O–H groups in total. The number of pyridine rings is 1. The van der Waals surface area contributed by atoms with E-state index >= 15 is 0 Å². The van der Waals surface area contributed by atoms with E-state index in [0.29, 0.717) is 5.69 Å². The summed E-state index contributed by atoms with van der Waals surface area (Å²) in [5.74, 6) is 0. The first-order valence-electron chi connectivity index (χ1n) is 4.37. The van der Waals surface area contributed by atoms with E-state index in [2.05, 4.69) is 10.3 Å². The van der Waals surface area contributed by atoms with Gasteiger partial charge in [-0.3, -0.25) is 4.98 Å². The van der Waals surface area contributed by atoms with Crippen LogP contribution in [0.25, 0.3) is 0 Å². The normalized spacial score (nSPS) is 15.9. The van der Waals surface area contributed by atoms with Crippen molar-refractivity contribution in [3.63, 3.8) is 0 Å². The molecule has 0 amide bonds. The molecule has 14 heavy (non-hydrogen) atoms. The lowest BCUT2D eigenvalue weighted by atomic mass is 10.1. The summed E-state index contributed by atoms with van der Waals surface area (Å²) in [6.45, 7) is 0.730. The summed E-state index contributed by atoms with van der Waals surface area (Å²) in [6.07, 6.45) is -1.30. The number of alkyl halides is 3. The summed E-state index contributed by atoms with van der Waals surface area (Å²) in [7, 11) is 0. The number of fused-ring (bicyclic) bond motifs is 1. The maximum atomic E-state index is 12.3. The van der Waals surface area contributed by atoms with Gasteiger partial charge in [-0.05, 0) is 24.5 Å². The highest BCUT2D eigenvalue weighted by molar-refractivity contribution is 5.53. The Kier molecular flexibility index (Phi) is 2.09. The molecule has 0 spiro atoms. The lowest BCUT2D eigenvalue weighted by molar-refractivity contribution is -0.141. The Balaban J connectivity index is 2.39. The Morgan fingerprint density at radius 1 is 1.36 bits per heavy atom. The molecule has 2 heterocycles. The summed E-state index contributed by atoms with van der Waals surface area (Å²) in [4.78, 5) is 3.40. The summed E-state index contributed by atoms with van der Waals surface area (Å²) < 4.78 is 36.8. The SMILES string of the molecule is FC(F)(F)c1cc2c(cn1)CCCN2. The summed E-state index contributed by atoms with van der Waals surface area (Å²) in [5.41, 5.74) is 0.605. The first-order chi connectivity index (χ1) is 6.57. The average Bonchev–Trinajstić information content (AvgIpc) is 2.16. The number of hydrogen-bond donors (Lipinski definition) is 1. The van der Waals surface area contributed by atoms with Crippen molar-refractivity contribution in [3.05, 3.63) is 23.5 Å². The van der Waals surface area contributed by atoms with Crippen molar-refractivity contribution in [2.24, 2.45) is 0 Å². The van der Waals surface area contributed by atoms with E-state index in [9.17, 15) is 13.2 Å². The Bertz CT molecular complexity index is 346. The van der Waals surface area contributed by atoms with Crippen LogP contribution in [0.4, 0.5) is 18.9 Å². The number of rotatable bonds is 0. The Hall–Kier alpha value is -1.26. The van der Waals surface area contributed by atoms with Gasteiger partial charge in [0.25, 0.3) is 0 Å². The van der Waals surface area contributed by atoms with E-state index < -0.39 is 11.9 Å². The Labute approximate surface area is 79.2 Å². The predicted molar refractivity (Wildman–Crippen MR) is 46.0 cm³/mol. The van der Waals surface area contributed by atoms with Crippen LogP contribution in [0.1, 0.15) is 17.7 Å². The number of nitrogens with zero attached hydrogens (tertiary/aromatic N) is 1. The van der Waals surface area contributed by atoms with Gasteiger partial charge in [-0.2, -0.15) is 13.2 Å². The van der Waals surface area contributed by atoms with Gasteiger partial charge in [0.15, 0.2) is 0 Å². The Morgan fingerprint density at radius 2 is 2.14 bits per heavy atom. The predicted octanol–water partition coefficient (Wildman–Crippen LogP) is 2.46. The molecule has 0 aliphatic carbocycles. The maximum Gasteiger partial charge on any atom is 0.433 e. The molecule has 0 saturated carbocycles. The van der Waals surface area contributed by atoms with Crippen LogP contribution in [0.15, 0.2) is 12.3 Å². The van der Waals surface area contributed by atoms with Crippen LogP contribution in [0.5, 0.6) is 0 Å². The van der Waals surface area contributed by atoms with Gasteiger partial charge in [0.05, 0.1) is 0 Å². The molecule has 2 nitrogen and oxygen atoms in total. The molecule has 0 aromatic carbocycles. The minimum absolute atomic E-state index is 0.568. The van der Waals surface area contributed by atoms with E-state index in [-0.39, 0.29) is 0 Å². The van der Waals surface area contributed by atoms with Gasteiger partial charge in [-0.25, -0.2) is 0 Å². The first-order valence-corrected chi connectivity index (χ1v) is 4.37. The smallest absolute Gasteiger partial charge is 0.385 e. The lowest BCUT2D eigenvalue weighted by Gasteiger charge is -2.18. The van der Waals surface area contributed by atoms with Crippen molar-refractivity contribution in [2.75, 3.05) is 11.9 Å². The van der Waals surface area contributed by atoms with Gasteiger partial charge in [0.1, 0.15) is 5.69 Å². The second-order valence-corrected chi connectivity index (χ2v) is 3.25. The zero-order valence-electron chi connectivity index (χ0n) is 7.36. The zero-order valence-corrected chi connectivity index (χ0v) is 7.36. The summed E-state index contributed by atoms with van der Waals surface area (Å²) in [5, 5.41) is 2.94. The molecule has 1 aromatic heterocycles. The largest absolute Gasteiger partial charge is 0.433 e. The monoisotopic (exact) mass is 202 g/mol. The topological polar surface area (TPSA) is 24.9 Å². The highest BCUT2D eigenvalue weighted by atomic mass is 19.4. The molecule has 76 valence electrons. The third kappa shape index (κ3) is 1.66. The second-order valence-electron chi connectivity index (χ2n) is 3.25. The molecule has 0 fully saturated rings. The van der Waals surface area contributed by atoms with Crippen LogP contribution in [-0.4, -0.2) is 11.5 Å². The number of aryl methyl sites for hydroxylation is 1. The van der Waals surface area contributed by atoms with E-state index in [1.807, 2.05) is 0 Å². The van der Waals surface area contributed by atoms with Crippen molar-refractivity contribution < 1.29 is 13.2 Å². The fourth-order valence-corrected chi connectivity index (χ4v) is 1.50. The molecular weight excluding hydrogens is 193 g/mol. The van der Waals surface area contributed by atoms with E-state index in [1.54, 1.807) is 0 Å². The number of nitrogens with one attached hydrogen (secondary N) is 1.